The Kier molecular flexibility index (Phi) is 4.13. The molecule has 8 heteroatoms. The first-order valence-corrected chi connectivity index (χ1v) is 6.35. The molecule has 1 aromatic carbocycles. The van der Waals surface area contributed by atoms with Gasteiger partial charge in [-0.2, -0.15) is 8.42 Å². The molecule has 0 bridgehead atoms. The number of nitrogens with one attached hydrogen (secondary N) is 2. The van der Waals surface area contributed by atoms with Crippen LogP contribution in [0.3, 0.4) is 0 Å². The van der Waals surface area contributed by atoms with Gasteiger partial charge in [-0.05, 0) is 28.1 Å². The maximum Gasteiger partial charge on any atom is 0.422 e. The summed E-state index contributed by atoms with van der Waals surface area (Å²) >= 11 is 3.16. The number of hydrogen-bond donors (Lipinski definition) is 2. The molecule has 0 atom stereocenters. The second kappa shape index (κ2) is 5.17. The van der Waals surface area contributed by atoms with E-state index in [4.69, 9.17) is 0 Å². The standard InChI is InChI=1S/C8H9BrN2O4S/c1-15-8(12)11-16(13,14)10-7-5-3-2-4-6(7)9/h2-5,10H,1H3,(H,11,12). The summed E-state index contributed by atoms with van der Waals surface area (Å²) in [6, 6.07) is 6.59. The molecule has 6 nitrogen and oxygen atoms in total. The Labute approximate surface area is 101 Å². The highest BCUT2D eigenvalue weighted by molar-refractivity contribution is 9.10. The molecule has 0 aliphatic carbocycles. The molecule has 0 aliphatic rings. The third kappa shape index (κ3) is 3.70. The zero-order chi connectivity index (χ0) is 12.2. The van der Waals surface area contributed by atoms with Crippen LogP contribution in [0.2, 0.25) is 0 Å². The van der Waals surface area contributed by atoms with E-state index in [-0.39, 0.29) is 0 Å². The molecule has 0 spiro atoms. The van der Waals surface area contributed by atoms with Crippen molar-refractivity contribution in [3.8, 4) is 0 Å². The number of hydrogen-bond acceptors (Lipinski definition) is 4. The van der Waals surface area contributed by atoms with Crippen LogP contribution in [-0.4, -0.2) is 21.6 Å². The van der Waals surface area contributed by atoms with Gasteiger partial charge in [-0.1, -0.05) is 12.1 Å². The van der Waals surface area contributed by atoms with E-state index in [0.717, 1.165) is 7.11 Å². The third-order valence-electron chi connectivity index (χ3n) is 1.52. The molecule has 16 heavy (non-hydrogen) atoms. The predicted octanol–water partition coefficient (Wildman–Crippen LogP) is 1.46. The van der Waals surface area contributed by atoms with Crippen LogP contribution < -0.4 is 9.44 Å². The Morgan fingerprint density at radius 1 is 1.38 bits per heavy atom. The number of methoxy groups -OCH3 is 1. The van der Waals surface area contributed by atoms with Gasteiger partial charge in [0.05, 0.1) is 12.8 Å². The van der Waals surface area contributed by atoms with E-state index in [2.05, 4.69) is 25.4 Å². The SMILES string of the molecule is COC(=O)NS(=O)(=O)Nc1ccccc1Br. The Morgan fingerprint density at radius 3 is 2.56 bits per heavy atom. The summed E-state index contributed by atoms with van der Waals surface area (Å²) < 4.78 is 31.3. The summed E-state index contributed by atoms with van der Waals surface area (Å²) in [7, 11) is -2.90. The van der Waals surface area contributed by atoms with Crippen molar-refractivity contribution in [1.29, 1.82) is 0 Å². The molecule has 1 aromatic rings. The largest absolute Gasteiger partial charge is 0.452 e. The predicted molar refractivity (Wildman–Crippen MR) is 62.2 cm³/mol. The van der Waals surface area contributed by atoms with Crippen molar-refractivity contribution >= 4 is 37.9 Å². The van der Waals surface area contributed by atoms with Gasteiger partial charge in [0.2, 0.25) is 0 Å². The molecule has 0 unspecified atom stereocenters. The molecule has 1 amide bonds. The van der Waals surface area contributed by atoms with Crippen LogP contribution in [0.4, 0.5) is 10.5 Å². The van der Waals surface area contributed by atoms with E-state index in [1.54, 1.807) is 29.0 Å². The number of amides is 1. The molecule has 0 heterocycles. The molecule has 2 N–H and O–H groups in total. The van der Waals surface area contributed by atoms with E-state index >= 15 is 0 Å². The molecular formula is C8H9BrN2O4S. The first-order valence-electron chi connectivity index (χ1n) is 4.07. The molecule has 0 saturated heterocycles. The average molecular weight is 309 g/mol. The summed E-state index contributed by atoms with van der Waals surface area (Å²) in [6.07, 6.45) is -1.06. The zero-order valence-corrected chi connectivity index (χ0v) is 10.6. The van der Waals surface area contributed by atoms with E-state index in [1.165, 1.54) is 0 Å². The fourth-order valence-corrected chi connectivity index (χ4v) is 2.20. The topological polar surface area (TPSA) is 84.5 Å². The highest BCUT2D eigenvalue weighted by atomic mass is 79.9. The van der Waals surface area contributed by atoms with Gasteiger partial charge in [0, 0.05) is 4.47 Å². The van der Waals surface area contributed by atoms with Crippen LogP contribution in [0.15, 0.2) is 28.7 Å². The molecule has 0 saturated carbocycles. The minimum Gasteiger partial charge on any atom is -0.452 e. The first kappa shape index (κ1) is 12.8. The number of anilines is 1. The number of carbonyl (C=O) groups is 1. The van der Waals surface area contributed by atoms with Crippen molar-refractivity contribution in [2.75, 3.05) is 11.8 Å². The highest BCUT2D eigenvalue weighted by Crippen LogP contribution is 2.21. The highest BCUT2D eigenvalue weighted by Gasteiger charge is 2.15. The van der Waals surface area contributed by atoms with Gasteiger partial charge in [0.15, 0.2) is 0 Å². The van der Waals surface area contributed by atoms with Gasteiger partial charge < -0.3 is 4.74 Å². The zero-order valence-electron chi connectivity index (χ0n) is 8.23. The van der Waals surface area contributed by atoms with Crippen molar-refractivity contribution in [3.05, 3.63) is 28.7 Å². The van der Waals surface area contributed by atoms with Crippen molar-refractivity contribution in [1.82, 2.24) is 4.72 Å². The summed E-state index contributed by atoms with van der Waals surface area (Å²) in [5.41, 5.74) is 0.318. The third-order valence-corrected chi connectivity index (χ3v) is 3.14. The van der Waals surface area contributed by atoms with Gasteiger partial charge in [0.25, 0.3) is 0 Å². The van der Waals surface area contributed by atoms with E-state index in [0.29, 0.717) is 10.2 Å². The number of ether oxygens (including phenoxy) is 1. The second-order valence-electron chi connectivity index (χ2n) is 2.68. The van der Waals surface area contributed by atoms with E-state index < -0.39 is 16.3 Å². The van der Waals surface area contributed by atoms with Gasteiger partial charge in [-0.3, -0.25) is 4.72 Å². The maximum atomic E-state index is 11.4. The van der Waals surface area contributed by atoms with Crippen molar-refractivity contribution in [2.45, 2.75) is 0 Å². The summed E-state index contributed by atoms with van der Waals surface area (Å²) in [4.78, 5) is 10.7. The fraction of sp³-hybridized carbons (Fsp3) is 0.125. The molecule has 88 valence electrons. The van der Waals surface area contributed by atoms with Crippen LogP contribution in [0.1, 0.15) is 0 Å². The number of halogens is 1. The smallest absolute Gasteiger partial charge is 0.422 e. The van der Waals surface area contributed by atoms with Crippen LogP contribution in [0.5, 0.6) is 0 Å². The number of para-hydroxylation sites is 1. The summed E-state index contributed by atoms with van der Waals surface area (Å²) in [6.45, 7) is 0. The molecule has 0 radical (unpaired) electrons. The average Bonchev–Trinajstić information content (AvgIpc) is 2.20. The Hall–Kier alpha value is -1.28. The minimum absolute atomic E-state index is 0.318. The monoisotopic (exact) mass is 308 g/mol. The Balaban J connectivity index is 2.81. The molecule has 0 fully saturated rings. The molecule has 0 aromatic heterocycles. The quantitative estimate of drug-likeness (QED) is 0.885. The number of carbonyl (C=O) groups excluding carboxylic acids is 1. The lowest BCUT2D eigenvalue weighted by Gasteiger charge is -2.09. The van der Waals surface area contributed by atoms with Gasteiger partial charge >= 0.3 is 16.3 Å². The van der Waals surface area contributed by atoms with Gasteiger partial charge in [0.1, 0.15) is 0 Å². The fourth-order valence-electron chi connectivity index (χ4n) is 0.866. The van der Waals surface area contributed by atoms with Crippen LogP contribution in [0.25, 0.3) is 0 Å². The molecule has 0 aliphatic heterocycles. The second-order valence-corrected chi connectivity index (χ2v) is 4.95. The lowest BCUT2D eigenvalue weighted by Crippen LogP contribution is -2.35. The lowest BCUT2D eigenvalue weighted by atomic mass is 10.3. The molecular weight excluding hydrogens is 300 g/mol. The van der Waals surface area contributed by atoms with Crippen molar-refractivity contribution in [3.63, 3.8) is 0 Å². The normalized spacial score (nSPS) is 10.6. The first-order chi connectivity index (χ1) is 7.44. The number of rotatable bonds is 3. The molecule has 1 rings (SSSR count). The maximum absolute atomic E-state index is 11.4. The number of benzene rings is 1. The summed E-state index contributed by atoms with van der Waals surface area (Å²) in [5, 5.41) is 0. The van der Waals surface area contributed by atoms with Gasteiger partial charge in [-0.25, -0.2) is 9.52 Å². The van der Waals surface area contributed by atoms with E-state index in [9.17, 15) is 13.2 Å². The summed E-state index contributed by atoms with van der Waals surface area (Å²) in [5.74, 6) is 0. The van der Waals surface area contributed by atoms with Crippen LogP contribution in [-0.2, 0) is 14.9 Å². The van der Waals surface area contributed by atoms with E-state index in [1.807, 2.05) is 0 Å². The Morgan fingerprint density at radius 2 is 2.00 bits per heavy atom. The van der Waals surface area contributed by atoms with Crippen LogP contribution >= 0.6 is 15.9 Å². The van der Waals surface area contributed by atoms with Crippen molar-refractivity contribution < 1.29 is 17.9 Å². The Bertz CT molecular complexity index is 489. The minimum atomic E-state index is -3.97. The lowest BCUT2D eigenvalue weighted by molar-refractivity contribution is 0.177. The van der Waals surface area contributed by atoms with Gasteiger partial charge in [-0.15, -0.1) is 0 Å². The van der Waals surface area contributed by atoms with Crippen LogP contribution in [0, 0.1) is 0 Å². The van der Waals surface area contributed by atoms with Crippen molar-refractivity contribution in [2.24, 2.45) is 0 Å².